The molecule has 4 rings (SSSR count). The molecule has 1 spiro atoms. The summed E-state index contributed by atoms with van der Waals surface area (Å²) in [5, 5.41) is 9.23. The zero-order valence-corrected chi connectivity index (χ0v) is 17.6. The Hall–Kier alpha value is -3.33. The fourth-order valence-electron chi connectivity index (χ4n) is 4.86. The Bertz CT molecular complexity index is 975. The minimum Gasteiger partial charge on any atom is -0.465 e. The minimum atomic E-state index is -0.387. The summed E-state index contributed by atoms with van der Waals surface area (Å²) in [5.41, 5.74) is 2.48. The van der Waals surface area contributed by atoms with Crippen molar-refractivity contribution < 1.29 is 19.1 Å². The van der Waals surface area contributed by atoms with Crippen molar-refractivity contribution >= 4 is 12.1 Å². The standard InChI is InChI=1S/C25H26N2O4/c1-30-23(28)21-9-7-20(8-10-21)22-15-25(13-19(14-25)16-26)11-12-27(22)24(29)31-17-18-5-3-2-4-6-18/h2-10,19,22H,11-15,17H2,1H3. The molecule has 1 atom stereocenters. The summed E-state index contributed by atoms with van der Waals surface area (Å²) >= 11 is 0. The van der Waals surface area contributed by atoms with Crippen molar-refractivity contribution in [2.24, 2.45) is 11.3 Å². The van der Waals surface area contributed by atoms with E-state index in [2.05, 4.69) is 6.07 Å². The van der Waals surface area contributed by atoms with E-state index in [0.717, 1.165) is 36.8 Å². The van der Waals surface area contributed by atoms with Crippen LogP contribution in [-0.4, -0.2) is 30.6 Å². The lowest BCUT2D eigenvalue weighted by Crippen LogP contribution is -2.50. The van der Waals surface area contributed by atoms with Gasteiger partial charge in [0.25, 0.3) is 0 Å². The number of carbonyl (C=O) groups excluding carboxylic acids is 2. The fraction of sp³-hybridized carbons (Fsp3) is 0.400. The van der Waals surface area contributed by atoms with Crippen molar-refractivity contribution in [3.63, 3.8) is 0 Å². The highest BCUT2D eigenvalue weighted by Crippen LogP contribution is 2.56. The van der Waals surface area contributed by atoms with E-state index < -0.39 is 0 Å². The third-order valence-corrected chi connectivity index (χ3v) is 6.58. The predicted molar refractivity (Wildman–Crippen MR) is 114 cm³/mol. The lowest BCUT2D eigenvalue weighted by molar-refractivity contribution is -0.0262. The van der Waals surface area contributed by atoms with Gasteiger partial charge in [0, 0.05) is 12.5 Å². The summed E-state index contributed by atoms with van der Waals surface area (Å²) in [6.45, 7) is 0.820. The summed E-state index contributed by atoms with van der Waals surface area (Å²) in [7, 11) is 1.35. The van der Waals surface area contributed by atoms with E-state index in [1.165, 1.54) is 7.11 Å². The second kappa shape index (κ2) is 8.81. The summed E-state index contributed by atoms with van der Waals surface area (Å²) in [4.78, 5) is 26.6. The lowest BCUT2D eigenvalue weighted by Gasteiger charge is -2.53. The maximum Gasteiger partial charge on any atom is 0.410 e. The van der Waals surface area contributed by atoms with Gasteiger partial charge in [-0.25, -0.2) is 9.59 Å². The summed E-state index contributed by atoms with van der Waals surface area (Å²) in [5.74, 6) is -0.277. The largest absolute Gasteiger partial charge is 0.465 e. The van der Waals surface area contributed by atoms with E-state index in [4.69, 9.17) is 9.47 Å². The molecule has 0 bridgehead atoms. The molecule has 160 valence electrons. The van der Waals surface area contributed by atoms with Gasteiger partial charge in [-0.2, -0.15) is 5.26 Å². The molecule has 0 N–H and O–H groups in total. The van der Waals surface area contributed by atoms with E-state index >= 15 is 0 Å². The van der Waals surface area contributed by atoms with Crippen molar-refractivity contribution in [3.8, 4) is 6.07 Å². The van der Waals surface area contributed by atoms with Crippen LogP contribution in [0.5, 0.6) is 0 Å². The molecule has 1 amide bonds. The number of hydrogen-bond donors (Lipinski definition) is 0. The second-order valence-electron chi connectivity index (χ2n) is 8.55. The minimum absolute atomic E-state index is 0.0995. The zero-order chi connectivity index (χ0) is 21.8. The molecule has 2 fully saturated rings. The van der Waals surface area contributed by atoms with Gasteiger partial charge in [-0.15, -0.1) is 0 Å². The van der Waals surface area contributed by atoms with Crippen LogP contribution in [0.1, 0.15) is 53.2 Å². The number of hydrogen-bond acceptors (Lipinski definition) is 5. The Morgan fingerprint density at radius 2 is 1.81 bits per heavy atom. The Morgan fingerprint density at radius 1 is 1.10 bits per heavy atom. The molecule has 1 heterocycles. The van der Waals surface area contributed by atoms with Gasteiger partial charge < -0.3 is 14.4 Å². The zero-order valence-electron chi connectivity index (χ0n) is 17.6. The highest BCUT2D eigenvalue weighted by atomic mass is 16.6. The van der Waals surface area contributed by atoms with Gasteiger partial charge in [0.2, 0.25) is 0 Å². The van der Waals surface area contributed by atoms with Gasteiger partial charge in [-0.05, 0) is 54.4 Å². The Labute approximate surface area is 182 Å². The number of esters is 1. The monoisotopic (exact) mass is 418 g/mol. The molecule has 31 heavy (non-hydrogen) atoms. The molecule has 2 aliphatic rings. The second-order valence-corrected chi connectivity index (χ2v) is 8.55. The third-order valence-electron chi connectivity index (χ3n) is 6.58. The van der Waals surface area contributed by atoms with Gasteiger partial charge >= 0.3 is 12.1 Å². The van der Waals surface area contributed by atoms with Crippen molar-refractivity contribution in [3.05, 3.63) is 71.3 Å². The smallest absolute Gasteiger partial charge is 0.410 e. The van der Waals surface area contributed by atoms with E-state index in [1.54, 1.807) is 17.0 Å². The number of benzene rings is 2. The number of methoxy groups -OCH3 is 1. The SMILES string of the molecule is COC(=O)c1ccc(C2CC3(CCN2C(=O)OCc2ccccc2)CC(C#N)C3)cc1. The number of carbonyl (C=O) groups is 2. The van der Waals surface area contributed by atoms with Crippen LogP contribution in [0, 0.1) is 22.7 Å². The molecule has 0 radical (unpaired) electrons. The molecule has 6 heteroatoms. The van der Waals surface area contributed by atoms with Gasteiger partial charge in [0.05, 0.1) is 24.8 Å². The van der Waals surface area contributed by atoms with E-state index in [-0.39, 0.29) is 36.0 Å². The topological polar surface area (TPSA) is 79.6 Å². The first-order chi connectivity index (χ1) is 15.0. The summed E-state index contributed by atoms with van der Waals surface area (Å²) in [6, 6.07) is 19.1. The first kappa shape index (κ1) is 20.9. The van der Waals surface area contributed by atoms with Crippen molar-refractivity contribution in [2.75, 3.05) is 13.7 Å². The highest BCUT2D eigenvalue weighted by molar-refractivity contribution is 5.89. The maximum absolute atomic E-state index is 13.0. The molecule has 1 unspecified atom stereocenters. The Morgan fingerprint density at radius 3 is 2.45 bits per heavy atom. The molecule has 1 aliphatic heterocycles. The molecule has 2 aromatic carbocycles. The fourth-order valence-corrected chi connectivity index (χ4v) is 4.86. The molecule has 0 aromatic heterocycles. The van der Waals surface area contributed by atoms with E-state index in [9.17, 15) is 14.9 Å². The number of ether oxygens (including phenoxy) is 2. The average molecular weight is 418 g/mol. The van der Waals surface area contributed by atoms with Crippen molar-refractivity contribution in [2.45, 2.75) is 38.3 Å². The van der Waals surface area contributed by atoms with Crippen LogP contribution < -0.4 is 0 Å². The predicted octanol–water partition coefficient (Wildman–Crippen LogP) is 4.87. The normalized spacial score (nSPS) is 24.7. The molecular weight excluding hydrogens is 392 g/mol. The Kier molecular flexibility index (Phi) is 5.94. The van der Waals surface area contributed by atoms with Crippen LogP contribution in [-0.2, 0) is 16.1 Å². The first-order valence-corrected chi connectivity index (χ1v) is 10.6. The van der Waals surface area contributed by atoms with E-state index in [1.807, 2.05) is 42.5 Å². The molecule has 1 saturated carbocycles. The molecule has 6 nitrogen and oxygen atoms in total. The van der Waals surface area contributed by atoms with E-state index in [0.29, 0.717) is 12.1 Å². The van der Waals surface area contributed by atoms with Gasteiger partial charge in [0.15, 0.2) is 0 Å². The Balaban J connectivity index is 1.52. The summed E-state index contributed by atoms with van der Waals surface area (Å²) in [6.07, 6.45) is 3.10. The summed E-state index contributed by atoms with van der Waals surface area (Å²) < 4.78 is 10.4. The molecule has 1 aliphatic carbocycles. The first-order valence-electron chi connectivity index (χ1n) is 10.6. The molecule has 2 aromatic rings. The van der Waals surface area contributed by atoms with Crippen molar-refractivity contribution in [1.82, 2.24) is 4.90 Å². The van der Waals surface area contributed by atoms with Crippen LogP contribution in [0.4, 0.5) is 4.79 Å². The number of nitrogens with zero attached hydrogens (tertiary/aromatic N) is 2. The highest BCUT2D eigenvalue weighted by Gasteiger charge is 2.50. The third kappa shape index (κ3) is 4.41. The number of piperidine rings is 1. The van der Waals surface area contributed by atoms with Crippen LogP contribution in [0.25, 0.3) is 0 Å². The molecule has 1 saturated heterocycles. The number of nitriles is 1. The van der Waals surface area contributed by atoms with Gasteiger partial charge in [-0.3, -0.25) is 0 Å². The van der Waals surface area contributed by atoms with Gasteiger partial charge in [-0.1, -0.05) is 42.5 Å². The van der Waals surface area contributed by atoms with Crippen LogP contribution >= 0.6 is 0 Å². The average Bonchev–Trinajstić information content (AvgIpc) is 2.80. The van der Waals surface area contributed by atoms with Crippen LogP contribution in [0.2, 0.25) is 0 Å². The number of likely N-dealkylation sites (tertiary alicyclic amines) is 1. The maximum atomic E-state index is 13.0. The lowest BCUT2D eigenvalue weighted by atomic mass is 9.56. The van der Waals surface area contributed by atoms with Crippen LogP contribution in [0.3, 0.4) is 0 Å². The van der Waals surface area contributed by atoms with Gasteiger partial charge in [0.1, 0.15) is 6.61 Å². The van der Waals surface area contributed by atoms with Crippen molar-refractivity contribution in [1.29, 1.82) is 5.26 Å². The number of rotatable bonds is 4. The molecular formula is C25H26N2O4. The van der Waals surface area contributed by atoms with Crippen LogP contribution in [0.15, 0.2) is 54.6 Å². The quantitative estimate of drug-likeness (QED) is 0.662. The number of amides is 1.